The van der Waals surface area contributed by atoms with Gasteiger partial charge in [0.05, 0.1) is 0 Å². The van der Waals surface area contributed by atoms with Crippen molar-refractivity contribution in [1.29, 1.82) is 0 Å². The molecule has 2 aromatic carbocycles. The molecule has 0 unspecified atom stereocenters. The molecular weight excluding hydrogens is 302 g/mol. The summed E-state index contributed by atoms with van der Waals surface area (Å²) < 4.78 is 2.23. The van der Waals surface area contributed by atoms with E-state index in [0.29, 0.717) is 0 Å². The second-order valence-corrected chi connectivity index (χ2v) is 7.20. The second-order valence-electron chi connectivity index (χ2n) is 7.20. The average molecular weight is 328 g/mol. The van der Waals surface area contributed by atoms with E-state index in [1.807, 2.05) is 0 Å². The van der Waals surface area contributed by atoms with Gasteiger partial charge in [0.1, 0.15) is 0 Å². The van der Waals surface area contributed by atoms with Gasteiger partial charge >= 0.3 is 0 Å². The third-order valence-electron chi connectivity index (χ3n) is 5.42. The summed E-state index contributed by atoms with van der Waals surface area (Å²) in [5.41, 5.74) is 5.46. The van der Waals surface area contributed by atoms with E-state index in [0.717, 1.165) is 12.5 Å². The number of hydrogen-bond acceptors (Lipinski definition) is 0. The highest BCUT2D eigenvalue weighted by molar-refractivity contribution is 5.62. The van der Waals surface area contributed by atoms with Crippen LogP contribution in [-0.2, 0) is 6.54 Å². The van der Waals surface area contributed by atoms with Gasteiger partial charge in [-0.05, 0) is 35.4 Å². The predicted molar refractivity (Wildman–Crippen MR) is 103 cm³/mol. The maximum atomic E-state index is 2.34. The van der Waals surface area contributed by atoms with Gasteiger partial charge in [0, 0.05) is 17.7 Å². The van der Waals surface area contributed by atoms with Gasteiger partial charge in [-0.3, -0.25) is 0 Å². The summed E-state index contributed by atoms with van der Waals surface area (Å²) in [6.07, 6.45) is 11.3. The van der Waals surface area contributed by atoms with Crippen LogP contribution < -0.4 is 4.57 Å². The van der Waals surface area contributed by atoms with Crippen molar-refractivity contribution in [3.63, 3.8) is 0 Å². The quantitative estimate of drug-likeness (QED) is 0.538. The topological polar surface area (TPSA) is 3.88 Å². The Balaban J connectivity index is 1.46. The van der Waals surface area contributed by atoms with Crippen LogP contribution in [0, 0.1) is 0 Å². The molecule has 0 atom stereocenters. The van der Waals surface area contributed by atoms with E-state index in [1.165, 1.54) is 54.4 Å². The number of nitrogens with zero attached hydrogens (tertiary/aromatic N) is 1. The highest BCUT2D eigenvalue weighted by atomic mass is 14.9. The van der Waals surface area contributed by atoms with Gasteiger partial charge in [-0.15, -0.1) is 0 Å². The SMILES string of the molecule is c1ccc(C[n+]2ccc(-c3ccc(C4CCCCC4)cc3)cc2)cc1. The molecule has 1 aromatic heterocycles. The molecule has 1 nitrogen and oxygen atoms in total. The van der Waals surface area contributed by atoms with E-state index in [4.69, 9.17) is 0 Å². The van der Waals surface area contributed by atoms with Gasteiger partial charge in [0.15, 0.2) is 18.9 Å². The standard InChI is InChI=1S/C24H26N/c1-3-7-20(8-4-1)19-25-17-15-24(16-18-25)23-13-11-22(12-14-23)21-9-5-2-6-10-21/h1,3-4,7-8,11-18,21H,2,5-6,9-10,19H2/q+1. The minimum absolute atomic E-state index is 0.784. The van der Waals surface area contributed by atoms with Crippen LogP contribution in [0.4, 0.5) is 0 Å². The van der Waals surface area contributed by atoms with Crippen molar-refractivity contribution in [2.75, 3.05) is 0 Å². The summed E-state index contributed by atoms with van der Waals surface area (Å²) in [4.78, 5) is 0. The predicted octanol–water partition coefficient (Wildman–Crippen LogP) is 5.74. The molecule has 1 saturated carbocycles. The van der Waals surface area contributed by atoms with Crippen LogP contribution in [0.5, 0.6) is 0 Å². The zero-order valence-corrected chi connectivity index (χ0v) is 14.8. The van der Waals surface area contributed by atoms with Crippen LogP contribution in [-0.4, -0.2) is 0 Å². The molecule has 1 fully saturated rings. The molecule has 0 radical (unpaired) electrons. The number of hydrogen-bond donors (Lipinski definition) is 0. The van der Waals surface area contributed by atoms with Crippen LogP contribution in [0.3, 0.4) is 0 Å². The second kappa shape index (κ2) is 7.65. The maximum absolute atomic E-state index is 2.34. The van der Waals surface area contributed by atoms with Crippen molar-refractivity contribution in [2.45, 2.75) is 44.6 Å². The summed E-state index contributed by atoms with van der Waals surface area (Å²) in [5, 5.41) is 0. The first-order valence-corrected chi connectivity index (χ1v) is 9.52. The normalized spacial score (nSPS) is 15.2. The van der Waals surface area contributed by atoms with Crippen LogP contribution >= 0.6 is 0 Å². The van der Waals surface area contributed by atoms with E-state index in [1.54, 1.807) is 0 Å². The summed E-state index contributed by atoms with van der Waals surface area (Å²) in [6.45, 7) is 0.918. The summed E-state index contributed by atoms with van der Waals surface area (Å²) in [6, 6.07) is 24.3. The Morgan fingerprint density at radius 2 is 1.32 bits per heavy atom. The molecule has 4 rings (SSSR count). The largest absolute Gasteiger partial charge is 0.201 e. The monoisotopic (exact) mass is 328 g/mol. The Labute approximate surface area is 151 Å². The fourth-order valence-electron chi connectivity index (χ4n) is 3.93. The summed E-state index contributed by atoms with van der Waals surface area (Å²) in [5.74, 6) is 0.784. The molecule has 0 saturated heterocycles. The van der Waals surface area contributed by atoms with Crippen molar-refractivity contribution in [3.8, 4) is 11.1 Å². The van der Waals surface area contributed by atoms with Crippen LogP contribution in [0.25, 0.3) is 11.1 Å². The molecule has 0 spiro atoms. The Bertz CT molecular complexity index is 782. The van der Waals surface area contributed by atoms with E-state index in [2.05, 4.69) is 83.7 Å². The number of benzene rings is 2. The van der Waals surface area contributed by atoms with Gasteiger partial charge in [-0.1, -0.05) is 73.9 Å². The molecule has 3 aromatic rings. The summed E-state index contributed by atoms with van der Waals surface area (Å²) in [7, 11) is 0. The first-order valence-electron chi connectivity index (χ1n) is 9.52. The number of pyridine rings is 1. The molecule has 0 amide bonds. The molecule has 25 heavy (non-hydrogen) atoms. The Morgan fingerprint density at radius 1 is 0.680 bits per heavy atom. The Kier molecular flexibility index (Phi) is 4.92. The van der Waals surface area contributed by atoms with Crippen molar-refractivity contribution in [3.05, 3.63) is 90.3 Å². The third kappa shape index (κ3) is 3.99. The number of rotatable bonds is 4. The van der Waals surface area contributed by atoms with Crippen molar-refractivity contribution >= 4 is 0 Å². The van der Waals surface area contributed by atoms with E-state index < -0.39 is 0 Å². The molecule has 0 bridgehead atoms. The highest BCUT2D eigenvalue weighted by Gasteiger charge is 2.15. The minimum atomic E-state index is 0.784. The molecule has 1 aliphatic carbocycles. The van der Waals surface area contributed by atoms with Crippen LogP contribution in [0.15, 0.2) is 79.1 Å². The fourth-order valence-corrected chi connectivity index (χ4v) is 3.93. The lowest BCUT2D eigenvalue weighted by molar-refractivity contribution is -0.688. The van der Waals surface area contributed by atoms with Crippen LogP contribution in [0.1, 0.15) is 49.1 Å². The first kappa shape index (κ1) is 16.1. The van der Waals surface area contributed by atoms with Gasteiger partial charge in [0.25, 0.3) is 0 Å². The highest BCUT2D eigenvalue weighted by Crippen LogP contribution is 2.33. The summed E-state index contributed by atoms with van der Waals surface area (Å²) >= 11 is 0. The van der Waals surface area contributed by atoms with E-state index >= 15 is 0 Å². The zero-order chi connectivity index (χ0) is 16.9. The zero-order valence-electron chi connectivity index (χ0n) is 14.8. The molecule has 1 heterocycles. The van der Waals surface area contributed by atoms with Gasteiger partial charge in [-0.25, -0.2) is 4.57 Å². The van der Waals surface area contributed by atoms with Crippen molar-refractivity contribution in [1.82, 2.24) is 0 Å². The van der Waals surface area contributed by atoms with E-state index in [-0.39, 0.29) is 0 Å². The van der Waals surface area contributed by atoms with E-state index in [9.17, 15) is 0 Å². The molecule has 0 aliphatic heterocycles. The van der Waals surface area contributed by atoms with Gasteiger partial charge < -0.3 is 0 Å². The third-order valence-corrected chi connectivity index (χ3v) is 5.42. The van der Waals surface area contributed by atoms with Crippen molar-refractivity contribution in [2.24, 2.45) is 0 Å². The lowest BCUT2D eigenvalue weighted by Crippen LogP contribution is -2.32. The van der Waals surface area contributed by atoms with Gasteiger partial charge in [-0.2, -0.15) is 0 Å². The fraction of sp³-hybridized carbons (Fsp3) is 0.292. The molecule has 1 heteroatoms. The molecule has 1 aliphatic rings. The Hall–Kier alpha value is -2.41. The van der Waals surface area contributed by atoms with Gasteiger partial charge in [0.2, 0.25) is 0 Å². The van der Waals surface area contributed by atoms with Crippen LogP contribution in [0.2, 0.25) is 0 Å². The maximum Gasteiger partial charge on any atom is 0.173 e. The Morgan fingerprint density at radius 3 is 2.00 bits per heavy atom. The molecular formula is C24H26N+. The lowest BCUT2D eigenvalue weighted by atomic mass is 9.84. The average Bonchev–Trinajstić information content (AvgIpc) is 2.70. The molecule has 0 N–H and O–H groups in total. The minimum Gasteiger partial charge on any atom is -0.201 e. The smallest absolute Gasteiger partial charge is 0.173 e. The first-order chi connectivity index (χ1) is 12.4. The lowest BCUT2D eigenvalue weighted by Gasteiger charge is -2.22. The van der Waals surface area contributed by atoms with Crippen molar-refractivity contribution < 1.29 is 4.57 Å². The number of aromatic nitrogens is 1. The molecule has 126 valence electrons.